The van der Waals surface area contributed by atoms with E-state index in [1.165, 1.54) is 12.8 Å². The quantitative estimate of drug-likeness (QED) is 0.812. The number of nitrogens with zero attached hydrogens (tertiary/aromatic N) is 1. The molecule has 0 bridgehead atoms. The van der Waals surface area contributed by atoms with Gasteiger partial charge in [-0.25, -0.2) is 0 Å². The molecule has 2 rings (SSSR count). The molecule has 2 aliphatic heterocycles. The van der Waals surface area contributed by atoms with Gasteiger partial charge in [0.1, 0.15) is 0 Å². The number of carboxylic acid groups (broad SMARTS) is 1. The van der Waals surface area contributed by atoms with Crippen molar-refractivity contribution in [2.24, 2.45) is 11.3 Å². The van der Waals surface area contributed by atoms with E-state index >= 15 is 0 Å². The Morgan fingerprint density at radius 2 is 2.14 bits per heavy atom. The average Bonchev–Trinajstić information content (AvgIpc) is 2.92. The van der Waals surface area contributed by atoms with Crippen molar-refractivity contribution in [1.82, 2.24) is 10.2 Å². The largest absolute Gasteiger partial charge is 0.481 e. The molecule has 5 heteroatoms. The highest BCUT2D eigenvalue weighted by molar-refractivity contribution is 5.80. The summed E-state index contributed by atoms with van der Waals surface area (Å²) in [6.07, 6.45) is 5.60. The van der Waals surface area contributed by atoms with Gasteiger partial charge in [-0.15, -0.1) is 0 Å². The molecule has 5 nitrogen and oxygen atoms in total. The lowest BCUT2D eigenvalue weighted by molar-refractivity contribution is -0.151. The first-order valence-electron chi connectivity index (χ1n) is 8.20. The van der Waals surface area contributed by atoms with E-state index in [0.717, 1.165) is 19.4 Å². The first kappa shape index (κ1) is 16.3. The molecule has 2 heterocycles. The van der Waals surface area contributed by atoms with E-state index in [-0.39, 0.29) is 11.8 Å². The highest BCUT2D eigenvalue weighted by Crippen LogP contribution is 2.38. The minimum absolute atomic E-state index is 0.0489. The number of rotatable bonds is 5. The van der Waals surface area contributed by atoms with Crippen molar-refractivity contribution in [2.45, 2.75) is 58.4 Å². The highest BCUT2D eigenvalue weighted by atomic mass is 16.4. The number of likely N-dealkylation sites (tertiary alicyclic amines) is 1. The van der Waals surface area contributed by atoms with E-state index < -0.39 is 11.4 Å². The number of carbonyl (C=O) groups is 2. The maximum Gasteiger partial charge on any atom is 0.311 e. The Morgan fingerprint density at radius 3 is 2.67 bits per heavy atom. The molecular formula is C16H28N2O3. The molecule has 0 aliphatic carbocycles. The predicted octanol–water partition coefficient (Wildman–Crippen LogP) is 1.87. The summed E-state index contributed by atoms with van der Waals surface area (Å²) in [4.78, 5) is 25.7. The smallest absolute Gasteiger partial charge is 0.311 e. The van der Waals surface area contributed by atoms with Crippen LogP contribution in [0.3, 0.4) is 0 Å². The van der Waals surface area contributed by atoms with E-state index in [0.29, 0.717) is 32.0 Å². The highest BCUT2D eigenvalue weighted by Gasteiger charge is 2.48. The molecule has 0 spiro atoms. The normalized spacial score (nSPS) is 29.9. The van der Waals surface area contributed by atoms with Crippen molar-refractivity contribution in [1.29, 1.82) is 0 Å². The van der Waals surface area contributed by atoms with Crippen LogP contribution in [0.25, 0.3) is 0 Å². The minimum Gasteiger partial charge on any atom is -0.481 e. The lowest BCUT2D eigenvalue weighted by Gasteiger charge is -2.29. The van der Waals surface area contributed by atoms with Crippen molar-refractivity contribution in [3.8, 4) is 0 Å². The van der Waals surface area contributed by atoms with Gasteiger partial charge in [0.25, 0.3) is 0 Å². The fourth-order valence-corrected chi connectivity index (χ4v) is 3.57. The van der Waals surface area contributed by atoms with E-state index in [9.17, 15) is 14.7 Å². The van der Waals surface area contributed by atoms with Crippen LogP contribution in [0.15, 0.2) is 0 Å². The maximum absolute atomic E-state index is 12.3. The van der Waals surface area contributed by atoms with Gasteiger partial charge in [-0.2, -0.15) is 0 Å². The van der Waals surface area contributed by atoms with Crippen LogP contribution in [0, 0.1) is 11.3 Å². The number of hydrogen-bond donors (Lipinski definition) is 2. The molecule has 2 unspecified atom stereocenters. The van der Waals surface area contributed by atoms with E-state index in [4.69, 9.17) is 0 Å². The van der Waals surface area contributed by atoms with E-state index in [2.05, 4.69) is 5.32 Å². The Bertz CT molecular complexity index is 391. The molecule has 2 atom stereocenters. The fraction of sp³-hybridized carbons (Fsp3) is 0.875. The molecule has 120 valence electrons. The van der Waals surface area contributed by atoms with Gasteiger partial charge >= 0.3 is 5.97 Å². The van der Waals surface area contributed by atoms with Gasteiger partial charge < -0.3 is 15.3 Å². The second kappa shape index (κ2) is 6.77. The summed E-state index contributed by atoms with van der Waals surface area (Å²) < 4.78 is 0. The zero-order valence-corrected chi connectivity index (χ0v) is 13.2. The second-order valence-electron chi connectivity index (χ2n) is 6.87. The Kier molecular flexibility index (Phi) is 5.25. The topological polar surface area (TPSA) is 69.6 Å². The summed E-state index contributed by atoms with van der Waals surface area (Å²) in [7, 11) is 0. The summed E-state index contributed by atoms with van der Waals surface area (Å²) >= 11 is 0. The first-order valence-corrected chi connectivity index (χ1v) is 8.20. The van der Waals surface area contributed by atoms with Gasteiger partial charge in [0, 0.05) is 25.6 Å². The zero-order chi connectivity index (χ0) is 15.5. The predicted molar refractivity (Wildman–Crippen MR) is 81.0 cm³/mol. The molecular weight excluding hydrogens is 268 g/mol. The Labute approximate surface area is 127 Å². The van der Waals surface area contributed by atoms with Gasteiger partial charge in [0.05, 0.1) is 5.41 Å². The number of piperidine rings is 1. The molecule has 21 heavy (non-hydrogen) atoms. The lowest BCUT2D eigenvalue weighted by atomic mass is 9.76. The minimum atomic E-state index is -0.762. The van der Waals surface area contributed by atoms with Crippen LogP contribution in [0.4, 0.5) is 0 Å². The summed E-state index contributed by atoms with van der Waals surface area (Å²) in [5.41, 5.74) is -0.751. The number of hydrogen-bond acceptors (Lipinski definition) is 3. The van der Waals surface area contributed by atoms with Crippen LogP contribution < -0.4 is 5.32 Å². The van der Waals surface area contributed by atoms with Crippen LogP contribution in [-0.2, 0) is 9.59 Å². The molecule has 0 saturated carbocycles. The Hall–Kier alpha value is -1.10. The first-order chi connectivity index (χ1) is 9.95. The molecule has 2 aliphatic rings. The summed E-state index contributed by atoms with van der Waals surface area (Å²) in [6.45, 7) is 5.89. The number of amides is 1. The molecule has 2 fully saturated rings. The van der Waals surface area contributed by atoms with Gasteiger partial charge in [-0.05, 0) is 38.1 Å². The van der Waals surface area contributed by atoms with Crippen LogP contribution in [0.2, 0.25) is 0 Å². The standard InChI is InChI=1S/C16H28N2O3/c1-12(2)16(15(20)21)8-10-18(11-16)14(19)7-6-13-5-3-4-9-17-13/h12-13,17H,3-11H2,1-2H3,(H,20,21). The third kappa shape index (κ3) is 3.57. The molecule has 0 aromatic heterocycles. The van der Waals surface area contributed by atoms with Crippen LogP contribution in [-0.4, -0.2) is 47.6 Å². The number of carbonyl (C=O) groups excluding carboxylic acids is 1. The van der Waals surface area contributed by atoms with Crippen molar-refractivity contribution in [2.75, 3.05) is 19.6 Å². The van der Waals surface area contributed by atoms with Crippen LogP contribution in [0.1, 0.15) is 52.4 Å². The summed E-state index contributed by atoms with van der Waals surface area (Å²) in [5, 5.41) is 13.0. The molecule has 2 N–H and O–H groups in total. The van der Waals surface area contributed by atoms with Crippen molar-refractivity contribution in [3.63, 3.8) is 0 Å². The number of nitrogens with one attached hydrogen (secondary N) is 1. The van der Waals surface area contributed by atoms with Crippen LogP contribution >= 0.6 is 0 Å². The lowest BCUT2D eigenvalue weighted by Crippen LogP contribution is -2.41. The number of aliphatic carboxylic acids is 1. The second-order valence-corrected chi connectivity index (χ2v) is 6.87. The van der Waals surface area contributed by atoms with Crippen molar-refractivity contribution < 1.29 is 14.7 Å². The van der Waals surface area contributed by atoms with Gasteiger partial charge in [0.2, 0.25) is 5.91 Å². The third-order valence-corrected chi connectivity index (χ3v) is 5.30. The Balaban J connectivity index is 1.85. The molecule has 0 aromatic rings. The molecule has 0 aromatic carbocycles. The Morgan fingerprint density at radius 1 is 1.38 bits per heavy atom. The zero-order valence-electron chi connectivity index (χ0n) is 13.2. The van der Waals surface area contributed by atoms with Crippen LogP contribution in [0.5, 0.6) is 0 Å². The van der Waals surface area contributed by atoms with Gasteiger partial charge in [-0.1, -0.05) is 20.3 Å². The van der Waals surface area contributed by atoms with E-state index in [1.807, 2.05) is 13.8 Å². The fourth-order valence-electron chi connectivity index (χ4n) is 3.57. The third-order valence-electron chi connectivity index (χ3n) is 5.30. The maximum atomic E-state index is 12.3. The average molecular weight is 296 g/mol. The summed E-state index contributed by atoms with van der Waals surface area (Å²) in [5.74, 6) is -0.597. The van der Waals surface area contributed by atoms with E-state index in [1.54, 1.807) is 4.90 Å². The van der Waals surface area contributed by atoms with Crippen molar-refractivity contribution in [3.05, 3.63) is 0 Å². The monoisotopic (exact) mass is 296 g/mol. The number of carboxylic acids is 1. The van der Waals surface area contributed by atoms with Gasteiger partial charge in [0.15, 0.2) is 0 Å². The molecule has 1 amide bonds. The SMILES string of the molecule is CC(C)C1(C(=O)O)CCN(C(=O)CCC2CCCCN2)C1. The summed E-state index contributed by atoms with van der Waals surface area (Å²) in [6, 6.07) is 0.458. The van der Waals surface area contributed by atoms with Gasteiger partial charge in [-0.3, -0.25) is 9.59 Å². The molecule has 0 radical (unpaired) electrons. The van der Waals surface area contributed by atoms with Crippen molar-refractivity contribution >= 4 is 11.9 Å². The molecule has 2 saturated heterocycles.